The van der Waals surface area contributed by atoms with Gasteiger partial charge in [0.25, 0.3) is 0 Å². The van der Waals surface area contributed by atoms with Gasteiger partial charge in [-0.1, -0.05) is 18.2 Å². The third kappa shape index (κ3) is 3.86. The van der Waals surface area contributed by atoms with E-state index in [-0.39, 0.29) is 23.0 Å². The van der Waals surface area contributed by atoms with Gasteiger partial charge in [-0.05, 0) is 60.5 Å². The Kier molecular flexibility index (Phi) is 5.64. The maximum absolute atomic E-state index is 13.8. The van der Waals surface area contributed by atoms with Crippen LogP contribution in [-0.2, 0) is 4.74 Å². The molecule has 7 nitrogen and oxygen atoms in total. The minimum absolute atomic E-state index is 0.0738. The summed E-state index contributed by atoms with van der Waals surface area (Å²) < 4.78 is 20.7. The van der Waals surface area contributed by atoms with Crippen LogP contribution in [0.2, 0.25) is 0 Å². The lowest BCUT2D eigenvalue weighted by Gasteiger charge is -2.19. The zero-order valence-electron chi connectivity index (χ0n) is 18.9. The molecule has 0 radical (unpaired) electrons. The number of likely N-dealkylation sites (tertiary alicyclic amines) is 1. The van der Waals surface area contributed by atoms with Crippen LogP contribution < -0.4 is 0 Å². The fraction of sp³-hybridized carbons (Fsp3) is 0.185. The smallest absolute Gasteiger partial charge is 0.409 e. The highest BCUT2D eigenvalue weighted by Gasteiger charge is 2.34. The number of carbonyl (C=O) groups is 2. The van der Waals surface area contributed by atoms with Crippen LogP contribution in [0.25, 0.3) is 27.7 Å². The minimum atomic E-state index is -1.03. The molecule has 0 bridgehead atoms. The number of nitrogens with zero attached hydrogens (tertiary/aromatic N) is 2. The van der Waals surface area contributed by atoms with Crippen molar-refractivity contribution >= 4 is 23.0 Å². The fourth-order valence-electron chi connectivity index (χ4n) is 4.95. The topological polar surface area (TPSA) is 92.0 Å². The van der Waals surface area contributed by atoms with Crippen LogP contribution in [0.3, 0.4) is 0 Å². The Balaban J connectivity index is 1.80. The molecule has 0 saturated carbocycles. The van der Waals surface area contributed by atoms with Gasteiger partial charge in [-0.2, -0.15) is 0 Å². The number of aromatic nitrogens is 1. The largest absolute Gasteiger partial charge is 0.507 e. The number of methoxy groups -OCH3 is 1. The van der Waals surface area contributed by atoms with Crippen molar-refractivity contribution in [1.82, 2.24) is 9.47 Å². The van der Waals surface area contributed by atoms with Gasteiger partial charge in [-0.25, -0.2) is 14.0 Å². The molecular formula is C27H23FN2O5. The van der Waals surface area contributed by atoms with E-state index in [1.807, 2.05) is 10.6 Å². The molecule has 2 N–H and O–H groups in total. The molecule has 0 aliphatic carbocycles. The summed E-state index contributed by atoms with van der Waals surface area (Å²) in [5.41, 5.74) is 3.91. The standard InChI is InChI=1S/C27H23FN2O5/c1-35-27(34)29-14-13-18(15-29)25-23(16-5-7-17(8-6-16)26(32)33)24-21(3-2-4-22(24)31)30(25)20-11-9-19(28)10-12-20/h2-12,18,31H,13-15H2,1H3,(H,32,33). The van der Waals surface area contributed by atoms with E-state index >= 15 is 0 Å². The molecule has 35 heavy (non-hydrogen) atoms. The number of fused-ring (bicyclic) bond motifs is 1. The zero-order chi connectivity index (χ0) is 24.7. The summed E-state index contributed by atoms with van der Waals surface area (Å²) in [5, 5.41) is 20.9. The molecule has 4 aromatic rings. The number of aromatic hydroxyl groups is 1. The summed E-state index contributed by atoms with van der Waals surface area (Å²) in [6.45, 7) is 0.914. The van der Waals surface area contributed by atoms with E-state index in [0.717, 1.165) is 22.3 Å². The molecule has 1 unspecified atom stereocenters. The second-order valence-electron chi connectivity index (χ2n) is 8.53. The molecule has 1 fully saturated rings. The molecule has 1 aliphatic rings. The third-order valence-electron chi connectivity index (χ3n) is 6.52. The van der Waals surface area contributed by atoms with Crippen LogP contribution in [0.15, 0.2) is 66.7 Å². The maximum atomic E-state index is 13.8. The lowest BCUT2D eigenvalue weighted by molar-refractivity contribution is 0.0696. The number of carboxylic acid groups (broad SMARTS) is 1. The average molecular weight is 474 g/mol. The number of ether oxygens (including phenoxy) is 1. The summed E-state index contributed by atoms with van der Waals surface area (Å²) in [7, 11) is 1.35. The first-order chi connectivity index (χ1) is 16.9. The summed E-state index contributed by atoms with van der Waals surface area (Å²) in [6.07, 6.45) is 0.250. The fourth-order valence-corrected chi connectivity index (χ4v) is 4.95. The van der Waals surface area contributed by atoms with Gasteiger partial charge in [0, 0.05) is 41.3 Å². The first-order valence-electron chi connectivity index (χ1n) is 11.2. The van der Waals surface area contributed by atoms with E-state index in [0.29, 0.717) is 30.6 Å². The van der Waals surface area contributed by atoms with Crippen LogP contribution in [0.1, 0.15) is 28.4 Å². The SMILES string of the molecule is COC(=O)N1CCC(c2c(-c3ccc(C(=O)O)cc3)c3c(O)cccc3n2-c2ccc(F)cc2)C1. The van der Waals surface area contributed by atoms with E-state index in [4.69, 9.17) is 4.74 Å². The summed E-state index contributed by atoms with van der Waals surface area (Å²) in [6, 6.07) is 17.8. The summed E-state index contributed by atoms with van der Waals surface area (Å²) in [4.78, 5) is 25.3. The first kappa shape index (κ1) is 22.5. The van der Waals surface area contributed by atoms with Gasteiger partial charge in [-0.15, -0.1) is 0 Å². The minimum Gasteiger partial charge on any atom is -0.507 e. The number of carbonyl (C=O) groups excluding carboxylic acids is 1. The number of aromatic carboxylic acids is 1. The second kappa shape index (κ2) is 8.79. The maximum Gasteiger partial charge on any atom is 0.409 e. The number of rotatable bonds is 4. The number of carboxylic acids is 1. The van der Waals surface area contributed by atoms with Crippen molar-refractivity contribution in [2.75, 3.05) is 20.2 Å². The van der Waals surface area contributed by atoms with Crippen molar-refractivity contribution < 1.29 is 28.9 Å². The van der Waals surface area contributed by atoms with Crippen molar-refractivity contribution in [2.45, 2.75) is 12.3 Å². The van der Waals surface area contributed by atoms with E-state index in [1.54, 1.807) is 41.3 Å². The molecule has 1 amide bonds. The molecule has 1 aliphatic heterocycles. The highest BCUT2D eigenvalue weighted by atomic mass is 19.1. The van der Waals surface area contributed by atoms with E-state index in [9.17, 15) is 24.2 Å². The monoisotopic (exact) mass is 474 g/mol. The molecule has 0 spiro atoms. The van der Waals surface area contributed by atoms with E-state index in [1.165, 1.54) is 31.4 Å². The Bertz CT molecular complexity index is 1430. The number of hydrogen-bond acceptors (Lipinski definition) is 4. The normalized spacial score (nSPS) is 15.5. The van der Waals surface area contributed by atoms with Crippen LogP contribution >= 0.6 is 0 Å². The van der Waals surface area contributed by atoms with Gasteiger partial charge in [0.2, 0.25) is 0 Å². The van der Waals surface area contributed by atoms with Gasteiger partial charge in [-0.3, -0.25) is 0 Å². The van der Waals surface area contributed by atoms with Crippen molar-refractivity contribution in [2.24, 2.45) is 0 Å². The molecular weight excluding hydrogens is 451 g/mol. The van der Waals surface area contributed by atoms with Crippen LogP contribution in [0, 0.1) is 5.82 Å². The average Bonchev–Trinajstić information content (AvgIpc) is 3.48. The molecule has 1 aromatic heterocycles. The molecule has 1 atom stereocenters. The highest BCUT2D eigenvalue weighted by molar-refractivity contribution is 6.03. The van der Waals surface area contributed by atoms with Gasteiger partial charge in [0.1, 0.15) is 11.6 Å². The number of phenolic OH excluding ortho intramolecular Hbond substituents is 1. The summed E-state index contributed by atoms with van der Waals surface area (Å²) in [5.74, 6) is -1.43. The van der Waals surface area contributed by atoms with Gasteiger partial charge >= 0.3 is 12.1 Å². The predicted octanol–water partition coefficient (Wildman–Crippen LogP) is 5.40. The molecule has 5 rings (SSSR count). The Morgan fingerprint density at radius 2 is 1.74 bits per heavy atom. The third-order valence-corrected chi connectivity index (χ3v) is 6.52. The van der Waals surface area contributed by atoms with Crippen molar-refractivity contribution in [3.05, 3.63) is 83.8 Å². The predicted molar refractivity (Wildman–Crippen MR) is 129 cm³/mol. The molecule has 178 valence electrons. The zero-order valence-corrected chi connectivity index (χ0v) is 18.9. The first-order valence-corrected chi connectivity index (χ1v) is 11.2. The van der Waals surface area contributed by atoms with Crippen LogP contribution in [0.5, 0.6) is 5.75 Å². The Hall–Kier alpha value is -4.33. The Morgan fingerprint density at radius 1 is 1.03 bits per heavy atom. The van der Waals surface area contributed by atoms with Gasteiger partial charge in [0.05, 0.1) is 18.2 Å². The highest BCUT2D eigenvalue weighted by Crippen LogP contribution is 2.46. The van der Waals surface area contributed by atoms with E-state index in [2.05, 4.69) is 0 Å². The molecule has 8 heteroatoms. The van der Waals surface area contributed by atoms with Crippen molar-refractivity contribution in [3.63, 3.8) is 0 Å². The lowest BCUT2D eigenvalue weighted by Crippen LogP contribution is -2.28. The van der Waals surface area contributed by atoms with Crippen molar-refractivity contribution in [1.29, 1.82) is 0 Å². The second-order valence-corrected chi connectivity index (χ2v) is 8.53. The van der Waals surface area contributed by atoms with Crippen LogP contribution in [0.4, 0.5) is 9.18 Å². The molecule has 1 saturated heterocycles. The van der Waals surface area contributed by atoms with Crippen LogP contribution in [-0.4, -0.2) is 51.9 Å². The number of benzene rings is 3. The number of halogens is 1. The Morgan fingerprint density at radius 3 is 2.40 bits per heavy atom. The number of phenols is 1. The quantitative estimate of drug-likeness (QED) is 0.413. The van der Waals surface area contributed by atoms with Crippen molar-refractivity contribution in [3.8, 4) is 22.6 Å². The van der Waals surface area contributed by atoms with E-state index < -0.39 is 12.1 Å². The number of amides is 1. The van der Waals surface area contributed by atoms with Gasteiger partial charge < -0.3 is 24.4 Å². The molecule has 3 aromatic carbocycles. The molecule has 2 heterocycles. The Labute approximate surface area is 200 Å². The summed E-state index contributed by atoms with van der Waals surface area (Å²) >= 11 is 0. The van der Waals surface area contributed by atoms with Gasteiger partial charge in [0.15, 0.2) is 0 Å². The number of hydrogen-bond donors (Lipinski definition) is 2. The lowest BCUT2D eigenvalue weighted by atomic mass is 9.93.